The van der Waals surface area contributed by atoms with Crippen LogP contribution in [0.3, 0.4) is 0 Å². The molecule has 0 amide bonds. The Morgan fingerprint density at radius 1 is 1.53 bits per heavy atom. The highest BCUT2D eigenvalue weighted by Gasteiger charge is 2.12. The van der Waals surface area contributed by atoms with Gasteiger partial charge in [-0.1, -0.05) is 11.6 Å². The average Bonchev–Trinajstić information content (AvgIpc) is 2.49. The van der Waals surface area contributed by atoms with Crippen molar-refractivity contribution in [3.63, 3.8) is 0 Å². The van der Waals surface area contributed by atoms with Gasteiger partial charge in [-0.05, 0) is 24.3 Å². The summed E-state index contributed by atoms with van der Waals surface area (Å²) in [6, 6.07) is 4.28. The third-order valence-electron chi connectivity index (χ3n) is 2.52. The molecule has 1 heterocycles. The molecule has 0 unspecified atom stereocenters. The predicted octanol–water partition coefficient (Wildman–Crippen LogP) is 3.07. The van der Waals surface area contributed by atoms with Gasteiger partial charge in [0, 0.05) is 29.6 Å². The molecule has 0 spiro atoms. The number of aryl methyl sites for hydroxylation is 1. The molecule has 17 heavy (non-hydrogen) atoms. The summed E-state index contributed by atoms with van der Waals surface area (Å²) in [5.74, 6) is -1.46. The molecule has 0 aliphatic heterocycles. The summed E-state index contributed by atoms with van der Waals surface area (Å²) in [7, 11) is 1.74. The number of benzene rings is 1. The first kappa shape index (κ1) is 11.7. The highest BCUT2D eigenvalue weighted by Crippen LogP contribution is 2.30. The molecule has 5 heteroatoms. The number of aromatic nitrogens is 1. The topological polar surface area (TPSA) is 42.2 Å². The number of aliphatic carboxylic acids is 1. The minimum absolute atomic E-state index is 0.378. The Labute approximate surface area is 102 Å². The second-order valence-corrected chi connectivity index (χ2v) is 3.95. The summed E-state index contributed by atoms with van der Waals surface area (Å²) in [5.41, 5.74) is 1.26. The van der Waals surface area contributed by atoms with Crippen LogP contribution in [0.25, 0.3) is 17.0 Å². The molecule has 0 saturated carbocycles. The smallest absolute Gasteiger partial charge is 0.328 e. The van der Waals surface area contributed by atoms with Gasteiger partial charge >= 0.3 is 5.97 Å². The van der Waals surface area contributed by atoms with Gasteiger partial charge in [-0.2, -0.15) is 0 Å². The fraction of sp³-hybridized carbons (Fsp3) is 0.0833. The van der Waals surface area contributed by atoms with Crippen molar-refractivity contribution in [2.75, 3.05) is 0 Å². The molecule has 2 rings (SSSR count). The number of carboxylic acids is 1. The third kappa shape index (κ3) is 2.03. The van der Waals surface area contributed by atoms with Crippen molar-refractivity contribution in [2.24, 2.45) is 7.05 Å². The monoisotopic (exact) mass is 253 g/mol. The quantitative estimate of drug-likeness (QED) is 0.836. The van der Waals surface area contributed by atoms with E-state index >= 15 is 0 Å². The van der Waals surface area contributed by atoms with E-state index in [1.165, 1.54) is 18.2 Å². The molecule has 0 aliphatic carbocycles. The summed E-state index contributed by atoms with van der Waals surface area (Å²) in [4.78, 5) is 10.5. The Morgan fingerprint density at radius 2 is 2.24 bits per heavy atom. The van der Waals surface area contributed by atoms with Gasteiger partial charge in [0.15, 0.2) is 0 Å². The molecular weight excluding hydrogens is 245 g/mol. The molecule has 2 aromatic rings. The molecule has 1 N–H and O–H groups in total. The molecule has 88 valence electrons. The van der Waals surface area contributed by atoms with E-state index < -0.39 is 5.97 Å². The summed E-state index contributed by atoms with van der Waals surface area (Å²) in [6.07, 6.45) is 2.35. The maximum atomic E-state index is 13.2. The fourth-order valence-corrected chi connectivity index (χ4v) is 1.98. The Balaban J connectivity index is 2.72. The molecule has 0 bridgehead atoms. The zero-order valence-corrected chi connectivity index (χ0v) is 9.70. The summed E-state index contributed by atoms with van der Waals surface area (Å²) in [6.45, 7) is 0. The number of nitrogens with zero attached hydrogens (tertiary/aromatic N) is 1. The van der Waals surface area contributed by atoms with Crippen LogP contribution in [0.1, 0.15) is 5.56 Å². The Morgan fingerprint density at radius 3 is 2.88 bits per heavy atom. The second kappa shape index (κ2) is 4.22. The zero-order valence-electron chi connectivity index (χ0n) is 8.95. The van der Waals surface area contributed by atoms with Gasteiger partial charge in [0.05, 0.1) is 0 Å². The number of carbonyl (C=O) groups is 1. The van der Waals surface area contributed by atoms with Crippen LogP contribution in [-0.2, 0) is 11.8 Å². The number of rotatable bonds is 2. The van der Waals surface area contributed by atoms with Crippen molar-refractivity contribution < 1.29 is 14.3 Å². The zero-order chi connectivity index (χ0) is 12.6. The van der Waals surface area contributed by atoms with Crippen molar-refractivity contribution >= 4 is 34.5 Å². The van der Waals surface area contributed by atoms with E-state index in [9.17, 15) is 9.18 Å². The first-order valence-corrected chi connectivity index (χ1v) is 5.23. The maximum Gasteiger partial charge on any atom is 0.328 e. The van der Waals surface area contributed by atoms with E-state index in [-0.39, 0.29) is 5.82 Å². The highest BCUT2D eigenvalue weighted by molar-refractivity contribution is 6.33. The van der Waals surface area contributed by atoms with E-state index in [1.807, 2.05) is 0 Å². The molecule has 0 aliphatic rings. The number of carboxylic acid groups (broad SMARTS) is 1. The number of halogens is 2. The SMILES string of the molecule is Cn1c(Cl)c(/C=C/C(=O)O)c2cc(F)ccc21. The highest BCUT2D eigenvalue weighted by atomic mass is 35.5. The second-order valence-electron chi connectivity index (χ2n) is 3.60. The first-order chi connectivity index (χ1) is 8.00. The Bertz CT molecular complexity index is 631. The number of fused-ring (bicyclic) bond motifs is 1. The predicted molar refractivity (Wildman–Crippen MR) is 64.6 cm³/mol. The average molecular weight is 254 g/mol. The Hall–Kier alpha value is -1.81. The van der Waals surface area contributed by atoms with E-state index in [0.29, 0.717) is 16.1 Å². The van der Waals surface area contributed by atoms with Crippen LogP contribution in [0.5, 0.6) is 0 Å². The van der Waals surface area contributed by atoms with Crippen molar-refractivity contribution in [1.29, 1.82) is 0 Å². The summed E-state index contributed by atoms with van der Waals surface area (Å²) >= 11 is 6.07. The lowest BCUT2D eigenvalue weighted by atomic mass is 10.1. The van der Waals surface area contributed by atoms with Gasteiger partial charge in [0.25, 0.3) is 0 Å². The fourth-order valence-electron chi connectivity index (χ4n) is 1.73. The molecule has 0 fully saturated rings. The van der Waals surface area contributed by atoms with Gasteiger partial charge in [-0.3, -0.25) is 0 Å². The number of hydrogen-bond donors (Lipinski definition) is 1. The normalized spacial score (nSPS) is 11.5. The molecule has 1 aromatic carbocycles. The van der Waals surface area contributed by atoms with Crippen molar-refractivity contribution in [3.8, 4) is 0 Å². The molecule has 0 atom stereocenters. The van der Waals surface area contributed by atoms with Gasteiger partial charge in [-0.25, -0.2) is 9.18 Å². The van der Waals surface area contributed by atoms with Gasteiger partial charge in [0.2, 0.25) is 0 Å². The molecule has 1 aromatic heterocycles. The van der Waals surface area contributed by atoms with E-state index in [1.54, 1.807) is 17.7 Å². The van der Waals surface area contributed by atoms with Crippen LogP contribution >= 0.6 is 11.6 Å². The van der Waals surface area contributed by atoms with E-state index in [4.69, 9.17) is 16.7 Å². The van der Waals surface area contributed by atoms with E-state index in [2.05, 4.69) is 0 Å². The van der Waals surface area contributed by atoms with Crippen molar-refractivity contribution in [2.45, 2.75) is 0 Å². The van der Waals surface area contributed by atoms with Crippen LogP contribution in [0, 0.1) is 5.82 Å². The maximum absolute atomic E-state index is 13.2. The molecule has 3 nitrogen and oxygen atoms in total. The first-order valence-electron chi connectivity index (χ1n) is 4.85. The standard InChI is InChI=1S/C12H9ClFNO2/c1-15-10-4-2-7(14)6-9(10)8(12(15)13)3-5-11(16)17/h2-6H,1H3,(H,16,17)/b5-3+. The van der Waals surface area contributed by atoms with Gasteiger partial charge < -0.3 is 9.67 Å². The number of hydrogen-bond acceptors (Lipinski definition) is 1. The van der Waals surface area contributed by atoms with Crippen molar-refractivity contribution in [3.05, 3.63) is 40.8 Å². The third-order valence-corrected chi connectivity index (χ3v) is 2.98. The molecule has 0 saturated heterocycles. The van der Waals surface area contributed by atoms with Crippen LogP contribution in [-0.4, -0.2) is 15.6 Å². The minimum atomic E-state index is -1.07. The molecular formula is C12H9ClFNO2. The van der Waals surface area contributed by atoms with Gasteiger partial charge in [-0.15, -0.1) is 0 Å². The van der Waals surface area contributed by atoms with Crippen LogP contribution in [0.2, 0.25) is 5.15 Å². The van der Waals surface area contributed by atoms with Crippen LogP contribution < -0.4 is 0 Å². The van der Waals surface area contributed by atoms with Crippen molar-refractivity contribution in [1.82, 2.24) is 4.57 Å². The lowest BCUT2D eigenvalue weighted by Gasteiger charge is -1.95. The lowest BCUT2D eigenvalue weighted by molar-refractivity contribution is -0.131. The van der Waals surface area contributed by atoms with E-state index in [0.717, 1.165) is 11.6 Å². The van der Waals surface area contributed by atoms with Crippen LogP contribution in [0.4, 0.5) is 4.39 Å². The van der Waals surface area contributed by atoms with Crippen LogP contribution in [0.15, 0.2) is 24.3 Å². The summed E-state index contributed by atoms with van der Waals surface area (Å²) < 4.78 is 14.8. The molecule has 0 radical (unpaired) electrons. The Kier molecular flexibility index (Phi) is 2.90. The summed E-state index contributed by atoms with van der Waals surface area (Å²) in [5, 5.41) is 9.56. The minimum Gasteiger partial charge on any atom is -0.478 e. The lowest BCUT2D eigenvalue weighted by Crippen LogP contribution is -1.87. The largest absolute Gasteiger partial charge is 0.478 e. The van der Waals surface area contributed by atoms with Gasteiger partial charge in [0.1, 0.15) is 11.0 Å².